The SMILES string of the molecule is Cc1c(Oc2cccc(/C(N)=C(\F)C=NCc3cccc(CCC(=O)O)c3)c2)c(F)cc2[nH]ccc12. The van der Waals surface area contributed by atoms with Gasteiger partial charge in [0.05, 0.1) is 18.5 Å². The lowest BCUT2D eigenvalue weighted by atomic mass is 10.1. The number of nitrogens with two attached hydrogens (primary N) is 1. The zero-order chi connectivity index (χ0) is 25.7. The number of hydrogen-bond acceptors (Lipinski definition) is 4. The molecule has 0 unspecified atom stereocenters. The van der Waals surface area contributed by atoms with Crippen LogP contribution in [0.3, 0.4) is 0 Å². The van der Waals surface area contributed by atoms with E-state index in [4.69, 9.17) is 15.6 Å². The van der Waals surface area contributed by atoms with E-state index in [9.17, 15) is 13.6 Å². The van der Waals surface area contributed by atoms with Crippen molar-refractivity contribution in [1.29, 1.82) is 0 Å². The molecule has 184 valence electrons. The molecule has 0 saturated carbocycles. The second-order valence-electron chi connectivity index (χ2n) is 8.33. The van der Waals surface area contributed by atoms with Gasteiger partial charge in [0, 0.05) is 40.7 Å². The molecule has 3 aromatic carbocycles. The van der Waals surface area contributed by atoms with Crippen molar-refractivity contribution in [2.45, 2.75) is 26.3 Å². The average Bonchev–Trinajstić information content (AvgIpc) is 3.34. The molecule has 0 radical (unpaired) electrons. The third-order valence-electron chi connectivity index (χ3n) is 5.73. The number of carboxylic acids is 1. The van der Waals surface area contributed by atoms with Crippen molar-refractivity contribution in [3.05, 3.63) is 101 Å². The Morgan fingerprint density at radius 1 is 1.14 bits per heavy atom. The highest BCUT2D eigenvalue weighted by Crippen LogP contribution is 2.34. The number of aromatic amines is 1. The van der Waals surface area contributed by atoms with Crippen LogP contribution in [0.1, 0.15) is 28.7 Å². The molecule has 1 aromatic heterocycles. The van der Waals surface area contributed by atoms with Crippen LogP contribution >= 0.6 is 0 Å². The van der Waals surface area contributed by atoms with Gasteiger partial charge in [-0.3, -0.25) is 9.79 Å². The Balaban J connectivity index is 1.48. The number of H-pyrrole nitrogens is 1. The van der Waals surface area contributed by atoms with Gasteiger partial charge in [0.2, 0.25) is 0 Å². The Morgan fingerprint density at radius 3 is 2.72 bits per heavy atom. The number of carbonyl (C=O) groups is 1. The van der Waals surface area contributed by atoms with Crippen LogP contribution in [-0.2, 0) is 17.8 Å². The van der Waals surface area contributed by atoms with Crippen molar-refractivity contribution < 1.29 is 23.4 Å². The molecule has 4 rings (SSSR count). The van der Waals surface area contributed by atoms with Crippen LogP contribution in [0.15, 0.2) is 77.7 Å². The van der Waals surface area contributed by atoms with Crippen LogP contribution in [0.2, 0.25) is 0 Å². The Kier molecular flexibility index (Phi) is 7.44. The summed E-state index contributed by atoms with van der Waals surface area (Å²) in [5.41, 5.74) is 9.28. The van der Waals surface area contributed by atoms with Crippen molar-refractivity contribution in [3.63, 3.8) is 0 Å². The number of aliphatic imine (C=N–C) groups is 1. The van der Waals surface area contributed by atoms with E-state index in [-0.39, 0.29) is 24.4 Å². The van der Waals surface area contributed by atoms with Crippen LogP contribution in [0, 0.1) is 12.7 Å². The predicted molar refractivity (Wildman–Crippen MR) is 136 cm³/mol. The van der Waals surface area contributed by atoms with Crippen LogP contribution in [0.5, 0.6) is 11.5 Å². The summed E-state index contributed by atoms with van der Waals surface area (Å²) in [5, 5.41) is 9.67. The number of aromatic nitrogens is 1. The molecule has 0 aliphatic rings. The van der Waals surface area contributed by atoms with E-state index >= 15 is 0 Å². The highest BCUT2D eigenvalue weighted by atomic mass is 19.1. The van der Waals surface area contributed by atoms with E-state index in [0.29, 0.717) is 28.8 Å². The maximum atomic E-state index is 14.7. The van der Waals surface area contributed by atoms with Gasteiger partial charge in [-0.25, -0.2) is 8.78 Å². The second-order valence-corrected chi connectivity index (χ2v) is 8.33. The predicted octanol–water partition coefficient (Wildman–Crippen LogP) is 6.29. The summed E-state index contributed by atoms with van der Waals surface area (Å²) in [6, 6.07) is 17.0. The van der Waals surface area contributed by atoms with Crippen molar-refractivity contribution in [3.8, 4) is 11.5 Å². The quantitative estimate of drug-likeness (QED) is 0.240. The maximum Gasteiger partial charge on any atom is 0.303 e. The Labute approximate surface area is 206 Å². The molecule has 4 aromatic rings. The van der Waals surface area contributed by atoms with Crippen molar-refractivity contribution in [2.75, 3.05) is 0 Å². The van der Waals surface area contributed by atoms with Crippen LogP contribution in [0.4, 0.5) is 8.78 Å². The molecule has 1 heterocycles. The Bertz CT molecular complexity index is 1470. The molecule has 8 heteroatoms. The van der Waals surface area contributed by atoms with Gasteiger partial charge in [-0.2, -0.15) is 0 Å². The molecule has 0 atom stereocenters. The smallest absolute Gasteiger partial charge is 0.303 e. The van der Waals surface area contributed by atoms with Crippen molar-refractivity contribution in [2.24, 2.45) is 10.7 Å². The number of nitrogens with one attached hydrogen (secondary N) is 1. The molecular formula is C28H25F2N3O3. The first-order valence-electron chi connectivity index (χ1n) is 11.3. The van der Waals surface area contributed by atoms with Crippen molar-refractivity contribution >= 4 is 28.8 Å². The lowest BCUT2D eigenvalue weighted by Crippen LogP contribution is -2.01. The highest BCUT2D eigenvalue weighted by Gasteiger charge is 2.14. The number of halogens is 2. The number of carboxylic acid groups (broad SMARTS) is 1. The summed E-state index contributed by atoms with van der Waals surface area (Å²) >= 11 is 0. The van der Waals surface area contributed by atoms with E-state index < -0.39 is 17.6 Å². The zero-order valence-electron chi connectivity index (χ0n) is 19.6. The van der Waals surface area contributed by atoms with Gasteiger partial charge < -0.3 is 20.6 Å². The van der Waals surface area contributed by atoms with Gasteiger partial charge in [0.15, 0.2) is 17.4 Å². The fourth-order valence-corrected chi connectivity index (χ4v) is 3.87. The number of allylic oxidation sites excluding steroid dienone is 1. The average molecular weight is 490 g/mol. The number of fused-ring (bicyclic) bond motifs is 1. The van der Waals surface area contributed by atoms with E-state index in [1.807, 2.05) is 30.3 Å². The number of ether oxygens (including phenoxy) is 1. The number of aryl methyl sites for hydroxylation is 2. The molecule has 0 fully saturated rings. The normalized spacial score (nSPS) is 12.2. The minimum absolute atomic E-state index is 0.0380. The first-order valence-corrected chi connectivity index (χ1v) is 11.3. The van der Waals surface area contributed by atoms with Gasteiger partial charge in [0.25, 0.3) is 0 Å². The van der Waals surface area contributed by atoms with Gasteiger partial charge in [-0.15, -0.1) is 0 Å². The van der Waals surface area contributed by atoms with E-state index in [2.05, 4.69) is 9.98 Å². The molecule has 4 N–H and O–H groups in total. The largest absolute Gasteiger partial charge is 0.481 e. The fourth-order valence-electron chi connectivity index (χ4n) is 3.87. The number of hydrogen-bond donors (Lipinski definition) is 3. The summed E-state index contributed by atoms with van der Waals surface area (Å²) in [6.07, 6.45) is 3.23. The Morgan fingerprint density at radius 2 is 1.92 bits per heavy atom. The molecule has 6 nitrogen and oxygen atoms in total. The summed E-state index contributed by atoms with van der Waals surface area (Å²) in [5.74, 6) is -1.69. The molecule has 0 aliphatic heterocycles. The van der Waals surface area contributed by atoms with Crippen LogP contribution < -0.4 is 10.5 Å². The third kappa shape index (κ3) is 5.78. The first-order chi connectivity index (χ1) is 17.3. The summed E-state index contributed by atoms with van der Waals surface area (Å²) in [4.78, 5) is 17.9. The number of rotatable bonds is 9. The minimum Gasteiger partial charge on any atom is -0.481 e. The van der Waals surface area contributed by atoms with Gasteiger partial charge in [-0.1, -0.05) is 36.4 Å². The van der Waals surface area contributed by atoms with E-state index in [1.165, 1.54) is 12.1 Å². The van der Waals surface area contributed by atoms with E-state index in [0.717, 1.165) is 22.7 Å². The van der Waals surface area contributed by atoms with Crippen LogP contribution in [0.25, 0.3) is 16.6 Å². The molecule has 0 saturated heterocycles. The summed E-state index contributed by atoms with van der Waals surface area (Å²) < 4.78 is 35.2. The maximum absolute atomic E-state index is 14.7. The molecule has 0 spiro atoms. The standard InChI is InChI=1S/C28H25F2N3O3/c1-17-22-10-11-33-25(22)14-23(29)28(17)36-21-7-3-6-20(13-21)27(31)24(30)16-32-15-19-5-2-4-18(12-19)8-9-26(34)35/h2-7,10-14,16,33H,8-9,15,31H2,1H3,(H,34,35)/b27-24+,32-16?. The fraction of sp³-hybridized carbons (Fsp3) is 0.143. The minimum atomic E-state index is -0.863. The topological polar surface area (TPSA) is 101 Å². The lowest BCUT2D eigenvalue weighted by molar-refractivity contribution is -0.136. The molecule has 0 bridgehead atoms. The molecule has 36 heavy (non-hydrogen) atoms. The molecular weight excluding hydrogens is 464 g/mol. The van der Waals surface area contributed by atoms with Gasteiger partial charge in [0.1, 0.15) is 5.75 Å². The number of aliphatic carboxylic acids is 1. The first kappa shape index (κ1) is 24.7. The lowest BCUT2D eigenvalue weighted by Gasteiger charge is -2.12. The summed E-state index contributed by atoms with van der Waals surface area (Å²) in [7, 11) is 0. The summed E-state index contributed by atoms with van der Waals surface area (Å²) in [6.45, 7) is 1.98. The van der Waals surface area contributed by atoms with E-state index in [1.54, 1.807) is 31.3 Å². The Hall–Kier alpha value is -4.46. The highest BCUT2D eigenvalue weighted by molar-refractivity contribution is 5.88. The van der Waals surface area contributed by atoms with Gasteiger partial charge >= 0.3 is 5.97 Å². The number of benzene rings is 3. The number of nitrogens with zero attached hydrogens (tertiary/aromatic N) is 1. The van der Waals surface area contributed by atoms with Crippen molar-refractivity contribution in [1.82, 2.24) is 4.98 Å². The zero-order valence-corrected chi connectivity index (χ0v) is 19.6. The van der Waals surface area contributed by atoms with Crippen LogP contribution in [-0.4, -0.2) is 22.3 Å². The second kappa shape index (κ2) is 10.9. The monoisotopic (exact) mass is 489 g/mol. The van der Waals surface area contributed by atoms with Gasteiger partial charge in [-0.05, 0) is 42.7 Å². The third-order valence-corrected chi connectivity index (χ3v) is 5.73. The molecule has 0 aliphatic carbocycles. The molecule has 0 amide bonds.